The van der Waals surface area contributed by atoms with Gasteiger partial charge in [0, 0.05) is 22.6 Å². The molecule has 0 fully saturated rings. The van der Waals surface area contributed by atoms with Crippen molar-refractivity contribution in [3.05, 3.63) is 46.8 Å². The summed E-state index contributed by atoms with van der Waals surface area (Å²) in [6.07, 6.45) is 0. The normalized spacial score (nSPS) is 13.5. The van der Waals surface area contributed by atoms with Gasteiger partial charge in [-0.2, -0.15) is 4.99 Å². The minimum Gasteiger partial charge on any atom is -0.486 e. The summed E-state index contributed by atoms with van der Waals surface area (Å²) in [5, 5.41) is 0. The number of hydrogen-bond acceptors (Lipinski definition) is 7. The molecule has 0 radical (unpaired) electrons. The van der Waals surface area contributed by atoms with Crippen molar-refractivity contribution in [2.45, 2.75) is 18.4 Å². The van der Waals surface area contributed by atoms with Crippen LogP contribution in [-0.2, 0) is 16.1 Å². The summed E-state index contributed by atoms with van der Waals surface area (Å²) in [5.74, 6) is 1.41. The van der Waals surface area contributed by atoms with Gasteiger partial charge in [0.25, 0.3) is 5.91 Å². The van der Waals surface area contributed by atoms with E-state index in [9.17, 15) is 9.59 Å². The van der Waals surface area contributed by atoms with Crippen LogP contribution < -0.4 is 14.3 Å². The van der Waals surface area contributed by atoms with E-state index in [1.54, 1.807) is 28.5 Å². The number of esters is 1. The number of aromatic nitrogens is 1. The Hall–Kier alpha value is -2.78. The zero-order chi connectivity index (χ0) is 21.1. The van der Waals surface area contributed by atoms with Crippen molar-refractivity contribution in [3.63, 3.8) is 0 Å². The van der Waals surface area contributed by atoms with Crippen molar-refractivity contribution in [2.24, 2.45) is 4.99 Å². The molecule has 1 amide bonds. The second kappa shape index (κ2) is 8.93. The zero-order valence-corrected chi connectivity index (χ0v) is 18.2. The highest BCUT2D eigenvalue weighted by Crippen LogP contribution is 2.35. The van der Waals surface area contributed by atoms with Crippen molar-refractivity contribution in [2.75, 3.05) is 26.1 Å². The van der Waals surface area contributed by atoms with Crippen LogP contribution in [0.2, 0.25) is 0 Å². The molecule has 0 unspecified atom stereocenters. The van der Waals surface area contributed by atoms with E-state index < -0.39 is 5.97 Å². The van der Waals surface area contributed by atoms with Gasteiger partial charge in [0.1, 0.15) is 19.8 Å². The molecule has 0 bridgehead atoms. The van der Waals surface area contributed by atoms with Gasteiger partial charge in [-0.05, 0) is 30.0 Å². The molecular weight excluding hydrogens is 424 g/mol. The zero-order valence-electron chi connectivity index (χ0n) is 16.5. The van der Waals surface area contributed by atoms with Crippen LogP contribution >= 0.6 is 23.1 Å². The van der Waals surface area contributed by atoms with E-state index in [0.29, 0.717) is 35.1 Å². The van der Waals surface area contributed by atoms with Gasteiger partial charge in [-0.15, -0.1) is 11.8 Å². The quantitative estimate of drug-likeness (QED) is 0.443. The van der Waals surface area contributed by atoms with Gasteiger partial charge in [-0.3, -0.25) is 9.59 Å². The predicted molar refractivity (Wildman–Crippen MR) is 116 cm³/mol. The summed E-state index contributed by atoms with van der Waals surface area (Å²) in [6, 6.07) is 11.0. The molecule has 3 aromatic rings. The Kier molecular flexibility index (Phi) is 6.10. The fraction of sp³-hybridized carbons (Fsp3) is 0.286. The van der Waals surface area contributed by atoms with Crippen LogP contribution in [-0.4, -0.2) is 42.5 Å². The maximum Gasteiger partial charge on any atom is 0.325 e. The molecule has 7 nitrogen and oxygen atoms in total. The van der Waals surface area contributed by atoms with Crippen molar-refractivity contribution in [1.29, 1.82) is 0 Å². The van der Waals surface area contributed by atoms with E-state index >= 15 is 0 Å². The smallest absolute Gasteiger partial charge is 0.325 e. The highest BCUT2D eigenvalue weighted by Gasteiger charge is 2.18. The molecule has 0 atom stereocenters. The summed E-state index contributed by atoms with van der Waals surface area (Å²) >= 11 is 3.02. The first kappa shape index (κ1) is 20.5. The van der Waals surface area contributed by atoms with Gasteiger partial charge < -0.3 is 18.8 Å². The first-order chi connectivity index (χ1) is 14.6. The lowest BCUT2D eigenvalue weighted by Gasteiger charge is -2.18. The largest absolute Gasteiger partial charge is 0.486 e. The third kappa shape index (κ3) is 4.22. The number of carbonyl (C=O) groups excluding carboxylic acids is 2. The van der Waals surface area contributed by atoms with Crippen LogP contribution in [0.4, 0.5) is 0 Å². The maximum absolute atomic E-state index is 12.8. The topological polar surface area (TPSA) is 79.1 Å². The molecule has 0 spiro atoms. The van der Waals surface area contributed by atoms with Gasteiger partial charge in [-0.1, -0.05) is 18.3 Å². The molecule has 0 N–H and O–H groups in total. The number of hydrogen-bond donors (Lipinski definition) is 0. The molecule has 2 aromatic carbocycles. The van der Waals surface area contributed by atoms with Crippen LogP contribution in [0.3, 0.4) is 0 Å². The van der Waals surface area contributed by atoms with E-state index in [2.05, 4.69) is 11.9 Å². The molecule has 0 saturated carbocycles. The Labute approximate surface area is 181 Å². The van der Waals surface area contributed by atoms with E-state index in [1.807, 2.05) is 24.3 Å². The molecule has 1 aliphatic heterocycles. The second-order valence-electron chi connectivity index (χ2n) is 6.38. The maximum atomic E-state index is 12.8. The summed E-state index contributed by atoms with van der Waals surface area (Å²) in [4.78, 5) is 30.6. The highest BCUT2D eigenvalue weighted by atomic mass is 32.2. The number of ether oxygens (including phenoxy) is 3. The van der Waals surface area contributed by atoms with Crippen LogP contribution in [0.25, 0.3) is 10.2 Å². The first-order valence-corrected chi connectivity index (χ1v) is 11.2. The molecule has 156 valence electrons. The molecule has 2 heterocycles. The van der Waals surface area contributed by atoms with E-state index in [-0.39, 0.29) is 12.5 Å². The van der Waals surface area contributed by atoms with E-state index in [0.717, 1.165) is 20.9 Å². The van der Waals surface area contributed by atoms with Crippen molar-refractivity contribution < 1.29 is 23.8 Å². The number of rotatable bonds is 5. The Balaban J connectivity index is 1.78. The number of thioether (sulfide) groups is 1. The number of nitrogens with zero attached hydrogens (tertiary/aromatic N) is 2. The molecule has 0 saturated heterocycles. The minimum absolute atomic E-state index is 0.0612. The monoisotopic (exact) mass is 444 g/mol. The van der Waals surface area contributed by atoms with E-state index in [1.165, 1.54) is 18.4 Å². The molecule has 0 aliphatic carbocycles. The number of thiazole rings is 1. The Morgan fingerprint density at radius 3 is 2.53 bits per heavy atom. The lowest BCUT2D eigenvalue weighted by molar-refractivity contribution is -0.141. The van der Waals surface area contributed by atoms with Crippen LogP contribution in [0.5, 0.6) is 11.5 Å². The lowest BCUT2D eigenvalue weighted by Crippen LogP contribution is -2.22. The molecule has 30 heavy (non-hydrogen) atoms. The summed E-state index contributed by atoms with van der Waals surface area (Å²) in [5.41, 5.74) is 1.22. The fourth-order valence-electron chi connectivity index (χ4n) is 3.05. The number of amides is 1. The highest BCUT2D eigenvalue weighted by molar-refractivity contribution is 7.99. The predicted octanol–water partition coefficient (Wildman–Crippen LogP) is 3.50. The Morgan fingerprint density at radius 2 is 1.87 bits per heavy atom. The number of fused-ring (bicyclic) bond motifs is 2. The molecular formula is C21H20N2O5S2. The second-order valence-corrected chi connectivity index (χ2v) is 8.73. The Bertz CT molecular complexity index is 1160. The van der Waals surface area contributed by atoms with Crippen molar-refractivity contribution in [1.82, 2.24) is 4.57 Å². The fourth-order valence-corrected chi connectivity index (χ4v) is 4.75. The van der Waals surface area contributed by atoms with Gasteiger partial charge in [-0.25, -0.2) is 0 Å². The third-order valence-electron chi connectivity index (χ3n) is 4.47. The SMILES string of the molecule is CCSc1ccc(C(=O)N=c2sc3cc4c(cc3n2CC(=O)OC)OCCO4)cc1. The molecule has 9 heteroatoms. The van der Waals surface area contributed by atoms with Crippen molar-refractivity contribution >= 4 is 45.2 Å². The molecule has 1 aliphatic rings. The summed E-state index contributed by atoms with van der Waals surface area (Å²) in [7, 11) is 1.33. The van der Waals surface area contributed by atoms with Gasteiger partial charge in [0.15, 0.2) is 16.3 Å². The lowest BCUT2D eigenvalue weighted by atomic mass is 10.2. The number of benzene rings is 2. The van der Waals surface area contributed by atoms with Crippen LogP contribution in [0, 0.1) is 0 Å². The van der Waals surface area contributed by atoms with E-state index in [4.69, 9.17) is 14.2 Å². The third-order valence-corrected chi connectivity index (χ3v) is 6.41. The van der Waals surface area contributed by atoms with Gasteiger partial charge in [0.2, 0.25) is 0 Å². The van der Waals surface area contributed by atoms with Gasteiger partial charge >= 0.3 is 5.97 Å². The average molecular weight is 445 g/mol. The first-order valence-electron chi connectivity index (χ1n) is 9.40. The standard InChI is InChI=1S/C21H20N2O5S2/c1-3-29-14-6-4-13(5-7-14)20(25)22-21-23(12-19(24)26-2)15-10-16-17(11-18(15)30-21)28-9-8-27-16/h4-7,10-11H,3,8-9,12H2,1-2H3. The summed E-state index contributed by atoms with van der Waals surface area (Å²) in [6.45, 7) is 2.96. The Morgan fingerprint density at radius 1 is 1.17 bits per heavy atom. The summed E-state index contributed by atoms with van der Waals surface area (Å²) < 4.78 is 18.6. The molecule has 1 aromatic heterocycles. The van der Waals surface area contributed by atoms with Crippen LogP contribution in [0.15, 0.2) is 46.3 Å². The molecule has 4 rings (SSSR count). The van der Waals surface area contributed by atoms with Gasteiger partial charge in [0.05, 0.1) is 17.3 Å². The average Bonchev–Trinajstić information content (AvgIpc) is 3.08. The van der Waals surface area contributed by atoms with Crippen molar-refractivity contribution in [3.8, 4) is 11.5 Å². The minimum atomic E-state index is -0.431. The number of methoxy groups -OCH3 is 1. The van der Waals surface area contributed by atoms with Crippen LogP contribution in [0.1, 0.15) is 17.3 Å². The number of carbonyl (C=O) groups is 2.